The van der Waals surface area contributed by atoms with Crippen LogP contribution in [0.2, 0.25) is 0 Å². The van der Waals surface area contributed by atoms with Crippen LogP contribution >= 0.6 is 23.6 Å². The monoisotopic (exact) mass is 388 g/mol. The molecular formula is C20H28N4S2. The Balaban J connectivity index is 1.20. The molecule has 1 aromatic carbocycles. The zero-order valence-corrected chi connectivity index (χ0v) is 17.0. The quantitative estimate of drug-likeness (QED) is 0.605. The highest BCUT2D eigenvalue weighted by Gasteiger charge is 2.19. The Kier molecular flexibility index (Phi) is 6.05. The lowest BCUT2D eigenvalue weighted by Gasteiger charge is -2.36. The van der Waals surface area contributed by atoms with E-state index in [9.17, 15) is 0 Å². The van der Waals surface area contributed by atoms with Crippen LogP contribution in [0.15, 0.2) is 29.6 Å². The first-order valence-corrected chi connectivity index (χ1v) is 11.0. The number of fused-ring (bicyclic) bond motifs is 1. The van der Waals surface area contributed by atoms with Crippen molar-refractivity contribution in [2.24, 2.45) is 0 Å². The maximum absolute atomic E-state index is 5.44. The van der Waals surface area contributed by atoms with Gasteiger partial charge in [-0.2, -0.15) is 0 Å². The third-order valence-electron chi connectivity index (χ3n) is 5.53. The van der Waals surface area contributed by atoms with E-state index in [1.807, 2.05) is 11.3 Å². The van der Waals surface area contributed by atoms with Gasteiger partial charge < -0.3 is 15.1 Å². The number of thiophene rings is 1. The Morgan fingerprint density at radius 3 is 2.69 bits per heavy atom. The molecule has 4 rings (SSSR count). The van der Waals surface area contributed by atoms with Gasteiger partial charge in [0.25, 0.3) is 0 Å². The minimum atomic E-state index is 0.883. The molecule has 2 fully saturated rings. The van der Waals surface area contributed by atoms with Crippen molar-refractivity contribution in [2.75, 3.05) is 63.8 Å². The average Bonchev–Trinajstić information content (AvgIpc) is 3.16. The van der Waals surface area contributed by atoms with Crippen LogP contribution in [-0.4, -0.2) is 73.7 Å². The van der Waals surface area contributed by atoms with Gasteiger partial charge in [-0.05, 0) is 43.0 Å². The van der Waals surface area contributed by atoms with Crippen molar-refractivity contribution in [3.63, 3.8) is 0 Å². The van der Waals surface area contributed by atoms with Crippen LogP contribution in [-0.2, 0) is 0 Å². The number of piperazine rings is 2. The molecule has 1 aromatic heterocycles. The minimum Gasteiger partial charge on any atom is -0.368 e. The van der Waals surface area contributed by atoms with E-state index in [2.05, 4.69) is 49.7 Å². The van der Waals surface area contributed by atoms with Crippen molar-refractivity contribution >= 4 is 44.3 Å². The number of rotatable bonds is 6. The summed E-state index contributed by atoms with van der Waals surface area (Å²) >= 11 is 7.27. The molecule has 0 radical (unpaired) electrons. The highest BCUT2D eigenvalue weighted by Crippen LogP contribution is 2.31. The molecule has 0 bridgehead atoms. The van der Waals surface area contributed by atoms with Crippen molar-refractivity contribution in [3.8, 4) is 0 Å². The number of nitrogens with one attached hydrogen (secondary N) is 1. The molecule has 0 saturated carbocycles. The van der Waals surface area contributed by atoms with Gasteiger partial charge in [-0.1, -0.05) is 18.3 Å². The van der Waals surface area contributed by atoms with Crippen LogP contribution in [0.5, 0.6) is 0 Å². The molecule has 1 N–H and O–H groups in total. The fourth-order valence-corrected chi connectivity index (χ4v) is 5.08. The van der Waals surface area contributed by atoms with E-state index < -0.39 is 0 Å². The third kappa shape index (κ3) is 4.19. The van der Waals surface area contributed by atoms with Crippen molar-refractivity contribution in [3.05, 3.63) is 29.6 Å². The smallest absolute Gasteiger partial charge is 0.0920 e. The zero-order chi connectivity index (χ0) is 17.8. The summed E-state index contributed by atoms with van der Waals surface area (Å²) in [6.45, 7) is 9.99. The van der Waals surface area contributed by atoms with Crippen molar-refractivity contribution < 1.29 is 0 Å². The van der Waals surface area contributed by atoms with Gasteiger partial charge in [0.2, 0.25) is 0 Å². The fraction of sp³-hybridized carbons (Fsp3) is 0.550. The third-order valence-corrected chi connectivity index (χ3v) is 6.81. The molecule has 2 aliphatic rings. The Hall–Kier alpha value is -1.21. The molecule has 0 unspecified atom stereocenters. The number of hydrogen-bond acceptors (Lipinski definition) is 5. The summed E-state index contributed by atoms with van der Waals surface area (Å²) in [5, 5.41) is 6.96. The summed E-state index contributed by atoms with van der Waals surface area (Å²) in [6, 6.07) is 8.97. The van der Waals surface area contributed by atoms with E-state index in [1.165, 1.54) is 48.2 Å². The Bertz CT molecular complexity index is 736. The molecule has 0 spiro atoms. The van der Waals surface area contributed by atoms with E-state index in [1.54, 1.807) is 0 Å². The highest BCUT2D eigenvalue weighted by molar-refractivity contribution is 7.80. The van der Waals surface area contributed by atoms with Gasteiger partial charge in [-0.25, -0.2) is 0 Å². The number of nitrogens with zero attached hydrogens (tertiary/aromatic N) is 3. The first-order valence-electron chi connectivity index (χ1n) is 9.73. The number of thiocarbonyl (C=S) groups is 1. The largest absolute Gasteiger partial charge is 0.368 e. The van der Waals surface area contributed by atoms with Crippen LogP contribution in [0.3, 0.4) is 0 Å². The average molecular weight is 389 g/mol. The summed E-state index contributed by atoms with van der Waals surface area (Å²) < 4.78 is 1.40. The van der Waals surface area contributed by atoms with E-state index in [4.69, 9.17) is 12.2 Å². The van der Waals surface area contributed by atoms with Gasteiger partial charge in [0.05, 0.1) is 4.99 Å². The Morgan fingerprint density at radius 1 is 1.00 bits per heavy atom. The molecule has 2 aromatic rings. The second-order valence-electron chi connectivity index (χ2n) is 7.20. The van der Waals surface area contributed by atoms with Crippen molar-refractivity contribution in [1.29, 1.82) is 0 Å². The zero-order valence-electron chi connectivity index (χ0n) is 15.3. The summed E-state index contributed by atoms with van der Waals surface area (Å²) in [5.74, 6) is 0. The van der Waals surface area contributed by atoms with Gasteiger partial charge in [-0.15, -0.1) is 11.3 Å². The number of benzene rings is 1. The van der Waals surface area contributed by atoms with Gasteiger partial charge in [0, 0.05) is 68.1 Å². The lowest BCUT2D eigenvalue weighted by atomic mass is 10.1. The van der Waals surface area contributed by atoms with Crippen LogP contribution in [0.25, 0.3) is 10.1 Å². The van der Waals surface area contributed by atoms with Crippen LogP contribution in [0.4, 0.5) is 5.69 Å². The van der Waals surface area contributed by atoms with Gasteiger partial charge in [0.15, 0.2) is 0 Å². The molecule has 4 nitrogen and oxygen atoms in total. The van der Waals surface area contributed by atoms with Crippen LogP contribution in [0, 0.1) is 0 Å². The number of anilines is 1. The van der Waals surface area contributed by atoms with Crippen LogP contribution in [0.1, 0.15) is 12.8 Å². The van der Waals surface area contributed by atoms with Crippen molar-refractivity contribution in [1.82, 2.24) is 15.1 Å². The maximum Gasteiger partial charge on any atom is 0.0920 e. The fourth-order valence-electron chi connectivity index (χ4n) is 3.99. The molecule has 3 heterocycles. The SMILES string of the molecule is S=C1CNCCN1CCCCN1CCN(c2cccc3sccc23)CC1. The molecule has 0 atom stereocenters. The number of unbranched alkanes of at least 4 members (excludes halogenated alkanes) is 1. The van der Waals surface area contributed by atoms with Crippen molar-refractivity contribution in [2.45, 2.75) is 12.8 Å². The molecule has 6 heteroatoms. The first kappa shape index (κ1) is 18.2. The van der Waals surface area contributed by atoms with E-state index in [0.717, 1.165) is 44.3 Å². The normalized spacial score (nSPS) is 19.5. The molecule has 2 saturated heterocycles. The summed E-state index contributed by atoms with van der Waals surface area (Å²) in [6.07, 6.45) is 2.52. The highest BCUT2D eigenvalue weighted by atomic mass is 32.1. The summed E-state index contributed by atoms with van der Waals surface area (Å²) in [4.78, 5) is 8.66. The molecule has 0 amide bonds. The van der Waals surface area contributed by atoms with Gasteiger partial charge >= 0.3 is 0 Å². The predicted molar refractivity (Wildman–Crippen MR) is 117 cm³/mol. The predicted octanol–water partition coefficient (Wildman–Crippen LogP) is 3.04. The summed E-state index contributed by atoms with van der Waals surface area (Å²) in [5.41, 5.74) is 1.41. The molecule has 2 aliphatic heterocycles. The minimum absolute atomic E-state index is 0.883. The topological polar surface area (TPSA) is 21.8 Å². The van der Waals surface area contributed by atoms with E-state index in [-0.39, 0.29) is 0 Å². The molecule has 0 aliphatic carbocycles. The second-order valence-corrected chi connectivity index (χ2v) is 8.62. The van der Waals surface area contributed by atoms with Gasteiger partial charge in [-0.3, -0.25) is 4.90 Å². The van der Waals surface area contributed by atoms with E-state index in [0.29, 0.717) is 0 Å². The standard InChI is InChI=1S/C20H28N4S2/c25-20-16-21-7-10-24(20)9-2-1-8-22-11-13-23(14-12-22)18-4-3-5-19-17(18)6-15-26-19/h3-6,15,21H,1-2,7-14,16H2. The number of hydrogen-bond donors (Lipinski definition) is 1. The molecular weight excluding hydrogens is 360 g/mol. The second kappa shape index (κ2) is 8.65. The van der Waals surface area contributed by atoms with Gasteiger partial charge in [0.1, 0.15) is 0 Å². The van der Waals surface area contributed by atoms with E-state index >= 15 is 0 Å². The van der Waals surface area contributed by atoms with Crippen LogP contribution < -0.4 is 10.2 Å². The summed E-state index contributed by atoms with van der Waals surface area (Å²) in [7, 11) is 0. The maximum atomic E-state index is 5.44. The first-order chi connectivity index (χ1) is 12.8. The molecule has 26 heavy (non-hydrogen) atoms. The Morgan fingerprint density at radius 2 is 1.85 bits per heavy atom. The lowest BCUT2D eigenvalue weighted by molar-refractivity contribution is 0.248. The molecule has 140 valence electrons. The lowest BCUT2D eigenvalue weighted by Crippen LogP contribution is -2.48. The Labute approximate surface area is 165 Å².